The second-order valence-corrected chi connectivity index (χ2v) is 4.34. The van der Waals surface area contributed by atoms with Crippen molar-refractivity contribution in [3.05, 3.63) is 34.3 Å². The number of ether oxygens (including phenoxy) is 1. The molecule has 1 heterocycles. The molecule has 1 aromatic rings. The molecule has 0 spiro atoms. The van der Waals surface area contributed by atoms with E-state index in [0.717, 1.165) is 22.9 Å². The van der Waals surface area contributed by atoms with E-state index >= 15 is 0 Å². The highest BCUT2D eigenvalue weighted by Gasteiger charge is 2.21. The van der Waals surface area contributed by atoms with E-state index in [1.165, 1.54) is 0 Å². The van der Waals surface area contributed by atoms with Gasteiger partial charge in [0.25, 0.3) is 0 Å². The van der Waals surface area contributed by atoms with Crippen LogP contribution in [0.5, 0.6) is 0 Å². The molecule has 1 saturated heterocycles. The molecule has 1 aliphatic heterocycles. The molecule has 1 aliphatic rings. The fraction of sp³-hybridized carbons (Fsp3) is 0.364. The smallest absolute Gasteiger partial charge is 0.306 e. The molecule has 3 heteroatoms. The van der Waals surface area contributed by atoms with Gasteiger partial charge in [-0.15, -0.1) is 0 Å². The van der Waals surface area contributed by atoms with Gasteiger partial charge in [-0.25, -0.2) is 0 Å². The summed E-state index contributed by atoms with van der Waals surface area (Å²) >= 11 is 3.37. The van der Waals surface area contributed by atoms with Crippen molar-refractivity contribution in [3.63, 3.8) is 0 Å². The topological polar surface area (TPSA) is 26.3 Å². The Morgan fingerprint density at radius 1 is 1.29 bits per heavy atom. The van der Waals surface area contributed by atoms with Crippen molar-refractivity contribution in [1.82, 2.24) is 0 Å². The van der Waals surface area contributed by atoms with E-state index in [2.05, 4.69) is 15.9 Å². The molecule has 14 heavy (non-hydrogen) atoms. The highest BCUT2D eigenvalue weighted by atomic mass is 79.9. The van der Waals surface area contributed by atoms with Gasteiger partial charge in [-0.2, -0.15) is 0 Å². The van der Waals surface area contributed by atoms with Crippen molar-refractivity contribution < 1.29 is 9.53 Å². The van der Waals surface area contributed by atoms with Crippen LogP contribution in [-0.2, 0) is 9.53 Å². The van der Waals surface area contributed by atoms with Crippen molar-refractivity contribution in [2.45, 2.75) is 25.4 Å². The standard InChI is InChI=1S/C11H11BrO2/c12-9-6-4-8(5-7-9)10-2-1-3-11(13)14-10/h4-7,10H,1-3H2/t10-/m0/s1. The molecule has 0 saturated carbocycles. The molecule has 2 rings (SSSR count). The van der Waals surface area contributed by atoms with Gasteiger partial charge in [-0.3, -0.25) is 4.79 Å². The van der Waals surface area contributed by atoms with Gasteiger partial charge in [0.2, 0.25) is 0 Å². The number of carbonyl (C=O) groups is 1. The van der Waals surface area contributed by atoms with Crippen molar-refractivity contribution in [2.75, 3.05) is 0 Å². The molecule has 0 N–H and O–H groups in total. The molecule has 2 nitrogen and oxygen atoms in total. The third kappa shape index (κ3) is 2.15. The predicted octanol–water partition coefficient (Wildman–Crippen LogP) is 3.22. The van der Waals surface area contributed by atoms with Crippen LogP contribution in [0.25, 0.3) is 0 Å². The summed E-state index contributed by atoms with van der Waals surface area (Å²) in [6, 6.07) is 7.93. The molecule has 1 atom stereocenters. The maximum Gasteiger partial charge on any atom is 0.306 e. The summed E-state index contributed by atoms with van der Waals surface area (Å²) in [6.07, 6.45) is 2.39. The summed E-state index contributed by atoms with van der Waals surface area (Å²) < 4.78 is 6.30. The maximum absolute atomic E-state index is 11.1. The first-order valence-corrected chi connectivity index (χ1v) is 5.50. The minimum Gasteiger partial charge on any atom is -0.457 e. The molecular formula is C11H11BrO2. The van der Waals surface area contributed by atoms with Crippen LogP contribution in [0.4, 0.5) is 0 Å². The normalized spacial score (nSPS) is 21.8. The molecule has 0 bridgehead atoms. The number of rotatable bonds is 1. The van der Waals surface area contributed by atoms with E-state index < -0.39 is 0 Å². The Morgan fingerprint density at radius 3 is 2.64 bits per heavy atom. The van der Waals surface area contributed by atoms with Gasteiger partial charge in [0.1, 0.15) is 6.10 Å². The van der Waals surface area contributed by atoms with Gasteiger partial charge in [0.15, 0.2) is 0 Å². The lowest BCUT2D eigenvalue weighted by molar-refractivity contribution is -0.154. The zero-order chi connectivity index (χ0) is 9.97. The summed E-state index contributed by atoms with van der Waals surface area (Å²) in [6.45, 7) is 0. The average molecular weight is 255 g/mol. The quantitative estimate of drug-likeness (QED) is 0.720. The number of cyclic esters (lactones) is 1. The monoisotopic (exact) mass is 254 g/mol. The van der Waals surface area contributed by atoms with Crippen molar-refractivity contribution in [3.8, 4) is 0 Å². The Labute approximate surface area is 91.4 Å². The van der Waals surface area contributed by atoms with Gasteiger partial charge in [-0.05, 0) is 30.5 Å². The second kappa shape index (κ2) is 4.13. The van der Waals surface area contributed by atoms with Gasteiger partial charge >= 0.3 is 5.97 Å². The van der Waals surface area contributed by atoms with Gasteiger partial charge in [-0.1, -0.05) is 28.1 Å². The number of hydrogen-bond acceptors (Lipinski definition) is 2. The number of halogens is 1. The van der Waals surface area contributed by atoms with Crippen molar-refractivity contribution in [1.29, 1.82) is 0 Å². The first-order valence-electron chi connectivity index (χ1n) is 4.70. The largest absolute Gasteiger partial charge is 0.457 e. The molecular weight excluding hydrogens is 244 g/mol. The summed E-state index contributed by atoms with van der Waals surface area (Å²) in [5.74, 6) is -0.0795. The molecule has 1 aromatic carbocycles. The zero-order valence-corrected chi connectivity index (χ0v) is 9.29. The predicted molar refractivity (Wildman–Crippen MR) is 56.8 cm³/mol. The van der Waals surface area contributed by atoms with Crippen LogP contribution < -0.4 is 0 Å². The molecule has 74 valence electrons. The molecule has 0 unspecified atom stereocenters. The van der Waals surface area contributed by atoms with Crippen LogP contribution in [0.15, 0.2) is 28.7 Å². The minimum atomic E-state index is -0.0795. The Hall–Kier alpha value is -0.830. The lowest BCUT2D eigenvalue weighted by Crippen LogP contribution is -2.16. The fourth-order valence-corrected chi connectivity index (χ4v) is 1.88. The van der Waals surface area contributed by atoms with Gasteiger partial charge < -0.3 is 4.74 Å². The average Bonchev–Trinajstić information content (AvgIpc) is 2.19. The van der Waals surface area contributed by atoms with Crippen LogP contribution in [0, 0.1) is 0 Å². The Kier molecular flexibility index (Phi) is 2.87. The van der Waals surface area contributed by atoms with Crippen molar-refractivity contribution in [2.24, 2.45) is 0 Å². The first kappa shape index (κ1) is 9.71. The van der Waals surface area contributed by atoms with Gasteiger partial charge in [0, 0.05) is 10.9 Å². The van der Waals surface area contributed by atoms with E-state index in [4.69, 9.17) is 4.74 Å². The number of esters is 1. The molecule has 0 radical (unpaired) electrons. The van der Waals surface area contributed by atoms with E-state index in [1.807, 2.05) is 24.3 Å². The van der Waals surface area contributed by atoms with E-state index in [0.29, 0.717) is 6.42 Å². The minimum absolute atomic E-state index is 0.0376. The Bertz CT molecular complexity index is 332. The van der Waals surface area contributed by atoms with Crippen LogP contribution in [0.1, 0.15) is 30.9 Å². The van der Waals surface area contributed by atoms with Crippen LogP contribution in [0.2, 0.25) is 0 Å². The molecule has 0 aromatic heterocycles. The Morgan fingerprint density at radius 2 is 2.00 bits per heavy atom. The highest BCUT2D eigenvalue weighted by molar-refractivity contribution is 9.10. The first-order chi connectivity index (χ1) is 6.75. The summed E-state index contributed by atoms with van der Waals surface area (Å²) in [4.78, 5) is 11.1. The number of carbonyl (C=O) groups excluding carboxylic acids is 1. The zero-order valence-electron chi connectivity index (χ0n) is 7.70. The molecule has 0 amide bonds. The number of benzene rings is 1. The molecule has 1 fully saturated rings. The fourth-order valence-electron chi connectivity index (χ4n) is 1.62. The second-order valence-electron chi connectivity index (χ2n) is 3.42. The lowest BCUT2D eigenvalue weighted by atomic mass is 10.0. The van der Waals surface area contributed by atoms with Crippen LogP contribution >= 0.6 is 15.9 Å². The Balaban J connectivity index is 2.14. The van der Waals surface area contributed by atoms with Crippen LogP contribution in [0.3, 0.4) is 0 Å². The van der Waals surface area contributed by atoms with E-state index in [9.17, 15) is 4.79 Å². The number of hydrogen-bond donors (Lipinski definition) is 0. The van der Waals surface area contributed by atoms with Crippen molar-refractivity contribution >= 4 is 21.9 Å². The third-order valence-electron chi connectivity index (χ3n) is 2.36. The third-order valence-corrected chi connectivity index (χ3v) is 2.89. The molecule has 0 aliphatic carbocycles. The summed E-state index contributed by atoms with van der Waals surface area (Å²) in [5, 5.41) is 0. The summed E-state index contributed by atoms with van der Waals surface area (Å²) in [7, 11) is 0. The lowest BCUT2D eigenvalue weighted by Gasteiger charge is -2.22. The SMILES string of the molecule is O=C1CCC[C@@H](c2ccc(Br)cc2)O1. The maximum atomic E-state index is 11.1. The van der Waals surface area contributed by atoms with Crippen LogP contribution in [-0.4, -0.2) is 5.97 Å². The van der Waals surface area contributed by atoms with E-state index in [1.54, 1.807) is 0 Å². The van der Waals surface area contributed by atoms with Gasteiger partial charge in [0.05, 0.1) is 0 Å². The van der Waals surface area contributed by atoms with E-state index in [-0.39, 0.29) is 12.1 Å². The highest BCUT2D eigenvalue weighted by Crippen LogP contribution is 2.28. The summed E-state index contributed by atoms with van der Waals surface area (Å²) in [5.41, 5.74) is 1.08.